The van der Waals surface area contributed by atoms with E-state index in [0.717, 1.165) is 19.3 Å². The van der Waals surface area contributed by atoms with Gasteiger partial charge in [-0.05, 0) is 42.9 Å². The molecular formula is C14H20BrNO4S. The second kappa shape index (κ2) is 7.09. The Morgan fingerprint density at radius 1 is 1.38 bits per heavy atom. The first kappa shape index (κ1) is 16.7. The number of aliphatic hydroxyl groups excluding tert-OH is 1. The zero-order valence-corrected chi connectivity index (χ0v) is 14.3. The summed E-state index contributed by atoms with van der Waals surface area (Å²) in [5, 5.41) is 9.30. The fourth-order valence-corrected chi connectivity index (χ4v) is 4.58. The molecule has 2 unspecified atom stereocenters. The van der Waals surface area contributed by atoms with Gasteiger partial charge < -0.3 is 9.84 Å². The average molecular weight is 378 g/mol. The molecule has 1 aliphatic rings. The Kier molecular flexibility index (Phi) is 5.65. The number of nitrogens with one attached hydrogen (secondary N) is 1. The van der Waals surface area contributed by atoms with Gasteiger partial charge >= 0.3 is 0 Å². The molecule has 0 amide bonds. The van der Waals surface area contributed by atoms with Crippen molar-refractivity contribution in [2.75, 3.05) is 20.3 Å². The molecule has 1 fully saturated rings. The minimum Gasteiger partial charge on any atom is -0.495 e. The summed E-state index contributed by atoms with van der Waals surface area (Å²) in [5.74, 6) is 0.704. The molecule has 2 rings (SSSR count). The molecule has 0 saturated heterocycles. The van der Waals surface area contributed by atoms with E-state index >= 15 is 0 Å². The third kappa shape index (κ3) is 3.97. The average Bonchev–Trinajstić information content (AvgIpc) is 2.92. The number of hydrogen-bond donors (Lipinski definition) is 2. The molecule has 0 bridgehead atoms. The van der Waals surface area contributed by atoms with Crippen LogP contribution in [-0.4, -0.2) is 33.8 Å². The summed E-state index contributed by atoms with van der Waals surface area (Å²) >= 11 is 3.28. The lowest BCUT2D eigenvalue weighted by Crippen LogP contribution is -2.32. The Balaban J connectivity index is 2.13. The van der Waals surface area contributed by atoms with E-state index in [4.69, 9.17) is 4.74 Å². The second-order valence-corrected chi connectivity index (χ2v) is 7.93. The molecule has 118 valence electrons. The number of benzene rings is 1. The van der Waals surface area contributed by atoms with Gasteiger partial charge in [0.25, 0.3) is 0 Å². The zero-order chi connectivity index (χ0) is 15.5. The molecule has 1 saturated carbocycles. The number of methoxy groups -OCH3 is 1. The predicted octanol–water partition coefficient (Wildman–Crippen LogP) is 2.14. The maximum absolute atomic E-state index is 12.4. The third-order valence-corrected chi connectivity index (χ3v) is 5.94. The fraction of sp³-hybridized carbons (Fsp3) is 0.571. The van der Waals surface area contributed by atoms with Crippen LogP contribution in [-0.2, 0) is 10.0 Å². The molecule has 0 spiro atoms. The summed E-state index contributed by atoms with van der Waals surface area (Å²) in [6.45, 7) is 0.468. The monoisotopic (exact) mass is 377 g/mol. The summed E-state index contributed by atoms with van der Waals surface area (Å²) < 4.78 is 33.3. The van der Waals surface area contributed by atoms with Gasteiger partial charge in [0, 0.05) is 17.6 Å². The summed E-state index contributed by atoms with van der Waals surface area (Å²) in [6.07, 6.45) is 2.95. The molecule has 0 aromatic heterocycles. The van der Waals surface area contributed by atoms with E-state index in [0.29, 0.717) is 16.8 Å². The quantitative estimate of drug-likeness (QED) is 0.796. The summed E-state index contributed by atoms with van der Waals surface area (Å²) in [6, 6.07) is 4.88. The van der Waals surface area contributed by atoms with Gasteiger partial charge in [-0.15, -0.1) is 0 Å². The maximum Gasteiger partial charge on any atom is 0.244 e. The highest BCUT2D eigenvalue weighted by Gasteiger charge is 2.28. The lowest BCUT2D eigenvalue weighted by molar-refractivity contribution is 0.195. The highest BCUT2D eigenvalue weighted by atomic mass is 79.9. The third-order valence-electron chi connectivity index (χ3n) is 4.00. The minimum absolute atomic E-state index is 0.118. The van der Waals surface area contributed by atoms with Crippen LogP contribution in [0.2, 0.25) is 0 Å². The molecule has 1 aromatic rings. The van der Waals surface area contributed by atoms with Crippen molar-refractivity contribution in [2.24, 2.45) is 11.8 Å². The first-order valence-corrected chi connectivity index (χ1v) is 9.19. The van der Waals surface area contributed by atoms with Crippen LogP contribution in [0.15, 0.2) is 27.6 Å². The number of hydrogen-bond acceptors (Lipinski definition) is 4. The topological polar surface area (TPSA) is 75.6 Å². The lowest BCUT2D eigenvalue weighted by atomic mass is 9.97. The van der Waals surface area contributed by atoms with Crippen molar-refractivity contribution in [1.29, 1.82) is 0 Å². The van der Waals surface area contributed by atoms with Gasteiger partial charge in [-0.3, -0.25) is 0 Å². The van der Waals surface area contributed by atoms with Crippen LogP contribution in [0.1, 0.15) is 19.3 Å². The highest BCUT2D eigenvalue weighted by Crippen LogP contribution is 2.32. The molecular weight excluding hydrogens is 358 g/mol. The van der Waals surface area contributed by atoms with E-state index in [1.165, 1.54) is 13.2 Å². The van der Waals surface area contributed by atoms with E-state index < -0.39 is 10.0 Å². The van der Waals surface area contributed by atoms with Gasteiger partial charge in [-0.1, -0.05) is 22.4 Å². The van der Waals surface area contributed by atoms with Crippen LogP contribution >= 0.6 is 15.9 Å². The van der Waals surface area contributed by atoms with E-state index in [9.17, 15) is 13.5 Å². The Morgan fingerprint density at radius 3 is 2.76 bits per heavy atom. The first-order valence-electron chi connectivity index (χ1n) is 6.92. The van der Waals surface area contributed by atoms with Gasteiger partial charge in [-0.25, -0.2) is 13.1 Å². The van der Waals surface area contributed by atoms with Crippen molar-refractivity contribution in [3.8, 4) is 5.75 Å². The Bertz CT molecular complexity index is 591. The Hall–Kier alpha value is -0.630. The predicted molar refractivity (Wildman–Crippen MR) is 83.8 cm³/mol. The van der Waals surface area contributed by atoms with E-state index in [1.807, 2.05) is 0 Å². The minimum atomic E-state index is -3.63. The largest absolute Gasteiger partial charge is 0.495 e. The number of aliphatic hydroxyl groups is 1. The summed E-state index contributed by atoms with van der Waals surface area (Å²) in [7, 11) is -2.19. The molecule has 2 atom stereocenters. The van der Waals surface area contributed by atoms with Crippen molar-refractivity contribution >= 4 is 26.0 Å². The SMILES string of the molecule is COc1ccc(Br)cc1S(=O)(=O)NCC1CCCC1CO. The van der Waals surface area contributed by atoms with Gasteiger partial charge in [0.15, 0.2) is 0 Å². The number of halogens is 1. The van der Waals surface area contributed by atoms with Crippen molar-refractivity contribution < 1.29 is 18.3 Å². The van der Waals surface area contributed by atoms with E-state index in [2.05, 4.69) is 20.7 Å². The van der Waals surface area contributed by atoms with Crippen LogP contribution in [0.4, 0.5) is 0 Å². The van der Waals surface area contributed by atoms with Crippen LogP contribution < -0.4 is 9.46 Å². The normalized spacial score (nSPS) is 22.4. The van der Waals surface area contributed by atoms with Gasteiger partial charge in [0.2, 0.25) is 10.0 Å². The van der Waals surface area contributed by atoms with Gasteiger partial charge in [0.05, 0.1) is 7.11 Å². The van der Waals surface area contributed by atoms with E-state index in [-0.39, 0.29) is 23.3 Å². The Morgan fingerprint density at radius 2 is 2.10 bits per heavy atom. The second-order valence-electron chi connectivity index (χ2n) is 5.28. The number of ether oxygens (including phenoxy) is 1. The molecule has 0 heterocycles. The summed E-state index contributed by atoms with van der Waals surface area (Å²) in [4.78, 5) is 0.123. The molecule has 1 aliphatic carbocycles. The molecule has 2 N–H and O–H groups in total. The van der Waals surface area contributed by atoms with Crippen molar-refractivity contribution in [1.82, 2.24) is 4.72 Å². The first-order chi connectivity index (χ1) is 9.97. The summed E-state index contributed by atoms with van der Waals surface area (Å²) in [5.41, 5.74) is 0. The standard InChI is InChI=1S/C14H20BrNO4S/c1-20-13-6-5-12(15)7-14(13)21(18,19)16-8-10-3-2-4-11(10)9-17/h5-7,10-11,16-17H,2-4,8-9H2,1H3. The van der Waals surface area contributed by atoms with E-state index in [1.54, 1.807) is 12.1 Å². The molecule has 5 nitrogen and oxygen atoms in total. The molecule has 7 heteroatoms. The highest BCUT2D eigenvalue weighted by molar-refractivity contribution is 9.10. The molecule has 21 heavy (non-hydrogen) atoms. The fourth-order valence-electron chi connectivity index (χ4n) is 2.78. The van der Waals surface area contributed by atoms with Crippen LogP contribution in [0.3, 0.4) is 0 Å². The lowest BCUT2D eigenvalue weighted by Gasteiger charge is -2.18. The molecule has 1 aromatic carbocycles. The smallest absolute Gasteiger partial charge is 0.244 e. The number of rotatable bonds is 6. The van der Waals surface area contributed by atoms with Crippen molar-refractivity contribution in [2.45, 2.75) is 24.2 Å². The zero-order valence-electron chi connectivity index (χ0n) is 11.9. The molecule has 0 aliphatic heterocycles. The van der Waals surface area contributed by atoms with Gasteiger partial charge in [-0.2, -0.15) is 0 Å². The number of sulfonamides is 1. The Labute approximate surface area is 133 Å². The van der Waals surface area contributed by atoms with Gasteiger partial charge in [0.1, 0.15) is 10.6 Å². The van der Waals surface area contributed by atoms with Crippen molar-refractivity contribution in [3.63, 3.8) is 0 Å². The van der Waals surface area contributed by atoms with Crippen LogP contribution in [0.25, 0.3) is 0 Å². The van der Waals surface area contributed by atoms with Crippen LogP contribution in [0, 0.1) is 11.8 Å². The molecule has 0 radical (unpaired) electrons. The van der Waals surface area contributed by atoms with Crippen molar-refractivity contribution in [3.05, 3.63) is 22.7 Å². The maximum atomic E-state index is 12.4. The van der Waals surface area contributed by atoms with Crippen LogP contribution in [0.5, 0.6) is 5.75 Å².